The van der Waals surface area contributed by atoms with Crippen LogP contribution >= 0.6 is 0 Å². The minimum absolute atomic E-state index is 0.00777. The third kappa shape index (κ3) is 3.19. The van der Waals surface area contributed by atoms with Gasteiger partial charge in [0.25, 0.3) is 5.91 Å². The normalized spacial score (nSPS) is 25.5. The summed E-state index contributed by atoms with van der Waals surface area (Å²) in [6, 6.07) is 0. The lowest BCUT2D eigenvalue weighted by Gasteiger charge is -2.25. The zero-order valence-corrected chi connectivity index (χ0v) is 15.5. The van der Waals surface area contributed by atoms with Gasteiger partial charge in [0.05, 0.1) is 11.9 Å². The maximum Gasteiger partial charge on any atom is 0.274 e. The molecule has 26 heavy (non-hydrogen) atoms. The molecule has 0 bridgehead atoms. The summed E-state index contributed by atoms with van der Waals surface area (Å²) in [5.41, 5.74) is 2.52. The van der Waals surface area contributed by atoms with Gasteiger partial charge in [-0.15, -0.1) is 0 Å². The molecule has 7 nitrogen and oxygen atoms in total. The topological polar surface area (TPSA) is 75.1 Å². The Morgan fingerprint density at radius 2 is 1.85 bits per heavy atom. The summed E-state index contributed by atoms with van der Waals surface area (Å²) in [5.74, 6) is 1.27. The number of hydrogen-bond donors (Lipinski definition) is 0. The van der Waals surface area contributed by atoms with E-state index in [9.17, 15) is 4.79 Å². The number of likely N-dealkylation sites (tertiary alicyclic amines) is 2. The van der Waals surface area contributed by atoms with Gasteiger partial charge in [-0.25, -0.2) is 15.0 Å². The lowest BCUT2D eigenvalue weighted by molar-refractivity contribution is 0.0755. The van der Waals surface area contributed by atoms with Crippen LogP contribution in [-0.2, 0) is 6.54 Å². The number of nitrogens with zero attached hydrogens (tertiary/aromatic N) is 6. The van der Waals surface area contributed by atoms with Crippen LogP contribution < -0.4 is 0 Å². The molecule has 0 unspecified atom stereocenters. The van der Waals surface area contributed by atoms with E-state index in [0.717, 1.165) is 49.8 Å². The van der Waals surface area contributed by atoms with Gasteiger partial charge in [-0.05, 0) is 19.8 Å². The molecule has 0 spiro atoms. The predicted molar refractivity (Wildman–Crippen MR) is 96.3 cm³/mol. The van der Waals surface area contributed by atoms with Crippen molar-refractivity contribution >= 4 is 5.91 Å². The first-order chi connectivity index (χ1) is 12.4. The first kappa shape index (κ1) is 17.0. The molecule has 0 radical (unpaired) electrons. The van der Waals surface area contributed by atoms with Crippen LogP contribution in [0.25, 0.3) is 0 Å². The molecular weight excluding hydrogens is 328 g/mol. The number of fused-ring (bicyclic) bond motifs is 1. The standard InChI is InChI=1S/C19H24N6O/c1-13-4-23-17(7-20-13)18(26)25-10-16-9-24(11-19(16,3)12-25)8-15-5-21-14(2)22-6-15/h4-7,16H,8-12H2,1-3H3/t16-,19+/m0/s1. The van der Waals surface area contributed by atoms with Gasteiger partial charge in [0, 0.05) is 62.3 Å². The molecule has 0 aliphatic carbocycles. The Labute approximate surface area is 153 Å². The molecule has 2 aromatic heterocycles. The van der Waals surface area contributed by atoms with Gasteiger partial charge in [-0.2, -0.15) is 0 Å². The summed E-state index contributed by atoms with van der Waals surface area (Å²) in [7, 11) is 0. The Morgan fingerprint density at radius 1 is 1.08 bits per heavy atom. The Hall–Kier alpha value is -2.41. The second-order valence-corrected chi connectivity index (χ2v) is 7.89. The molecular formula is C19H24N6O. The quantitative estimate of drug-likeness (QED) is 0.833. The number of aryl methyl sites for hydroxylation is 2. The summed E-state index contributed by atoms with van der Waals surface area (Å²) >= 11 is 0. The van der Waals surface area contributed by atoms with Crippen LogP contribution in [0.1, 0.15) is 34.5 Å². The molecule has 2 atom stereocenters. The van der Waals surface area contributed by atoms with E-state index in [1.54, 1.807) is 12.4 Å². The van der Waals surface area contributed by atoms with Crippen LogP contribution in [0.4, 0.5) is 0 Å². The van der Waals surface area contributed by atoms with Gasteiger partial charge in [-0.1, -0.05) is 6.92 Å². The van der Waals surface area contributed by atoms with E-state index >= 15 is 0 Å². The molecule has 2 aromatic rings. The van der Waals surface area contributed by atoms with Gasteiger partial charge < -0.3 is 4.90 Å². The smallest absolute Gasteiger partial charge is 0.274 e. The van der Waals surface area contributed by atoms with E-state index < -0.39 is 0 Å². The van der Waals surface area contributed by atoms with E-state index in [0.29, 0.717) is 11.6 Å². The lowest BCUT2D eigenvalue weighted by atomic mass is 9.83. The van der Waals surface area contributed by atoms with E-state index in [1.165, 1.54) is 0 Å². The van der Waals surface area contributed by atoms with E-state index in [4.69, 9.17) is 0 Å². The second kappa shape index (κ2) is 6.39. The molecule has 136 valence electrons. The molecule has 7 heteroatoms. The lowest BCUT2D eigenvalue weighted by Crippen LogP contribution is -2.35. The highest BCUT2D eigenvalue weighted by atomic mass is 16.2. The summed E-state index contributed by atoms with van der Waals surface area (Å²) < 4.78 is 0. The maximum absolute atomic E-state index is 12.7. The first-order valence-corrected chi connectivity index (χ1v) is 9.01. The molecule has 0 aromatic carbocycles. The number of amides is 1. The monoisotopic (exact) mass is 352 g/mol. The second-order valence-electron chi connectivity index (χ2n) is 7.89. The zero-order valence-electron chi connectivity index (χ0n) is 15.5. The third-order valence-corrected chi connectivity index (χ3v) is 5.57. The molecule has 2 aliphatic rings. The van der Waals surface area contributed by atoms with Crippen molar-refractivity contribution in [3.63, 3.8) is 0 Å². The fourth-order valence-corrected chi connectivity index (χ4v) is 4.16. The van der Waals surface area contributed by atoms with Crippen molar-refractivity contribution in [1.29, 1.82) is 0 Å². The summed E-state index contributed by atoms with van der Waals surface area (Å²) in [4.78, 5) is 34.1. The molecule has 0 saturated carbocycles. The van der Waals surface area contributed by atoms with Gasteiger partial charge in [0.2, 0.25) is 0 Å². The van der Waals surface area contributed by atoms with Crippen LogP contribution in [0.5, 0.6) is 0 Å². The van der Waals surface area contributed by atoms with Crippen molar-refractivity contribution in [3.05, 3.63) is 47.6 Å². The van der Waals surface area contributed by atoms with Crippen LogP contribution in [0.2, 0.25) is 0 Å². The third-order valence-electron chi connectivity index (χ3n) is 5.57. The van der Waals surface area contributed by atoms with Gasteiger partial charge in [-0.3, -0.25) is 14.7 Å². The van der Waals surface area contributed by atoms with E-state index in [-0.39, 0.29) is 11.3 Å². The van der Waals surface area contributed by atoms with Crippen LogP contribution in [0, 0.1) is 25.2 Å². The van der Waals surface area contributed by atoms with Crippen molar-refractivity contribution < 1.29 is 4.79 Å². The average Bonchev–Trinajstić information content (AvgIpc) is 3.08. The fraction of sp³-hybridized carbons (Fsp3) is 0.526. The number of hydrogen-bond acceptors (Lipinski definition) is 6. The minimum atomic E-state index is -0.00777. The van der Waals surface area contributed by atoms with Crippen LogP contribution in [-0.4, -0.2) is 61.8 Å². The fourth-order valence-electron chi connectivity index (χ4n) is 4.16. The summed E-state index contributed by atoms with van der Waals surface area (Å²) in [6.45, 7) is 10.5. The molecule has 4 rings (SSSR count). The highest BCUT2D eigenvalue weighted by Gasteiger charge is 2.50. The number of rotatable bonds is 3. The highest BCUT2D eigenvalue weighted by Crippen LogP contribution is 2.42. The molecule has 0 N–H and O–H groups in total. The zero-order chi connectivity index (χ0) is 18.3. The van der Waals surface area contributed by atoms with Gasteiger partial charge in [0.1, 0.15) is 11.5 Å². The number of carbonyl (C=O) groups excluding carboxylic acids is 1. The van der Waals surface area contributed by atoms with Gasteiger partial charge >= 0.3 is 0 Å². The van der Waals surface area contributed by atoms with E-state index in [2.05, 4.69) is 31.8 Å². The predicted octanol–water partition coefficient (Wildman–Crippen LogP) is 1.48. The first-order valence-electron chi connectivity index (χ1n) is 9.01. The van der Waals surface area contributed by atoms with E-state index in [1.807, 2.05) is 31.1 Å². The Balaban J connectivity index is 1.40. The largest absolute Gasteiger partial charge is 0.336 e. The van der Waals surface area contributed by atoms with Crippen molar-refractivity contribution in [2.45, 2.75) is 27.3 Å². The molecule has 4 heterocycles. The van der Waals surface area contributed by atoms with Gasteiger partial charge in [0.15, 0.2) is 0 Å². The Kier molecular flexibility index (Phi) is 4.19. The van der Waals surface area contributed by atoms with Crippen LogP contribution in [0.3, 0.4) is 0 Å². The molecule has 2 aliphatic heterocycles. The van der Waals surface area contributed by atoms with Crippen molar-refractivity contribution in [1.82, 2.24) is 29.7 Å². The van der Waals surface area contributed by atoms with Crippen molar-refractivity contribution in [2.75, 3.05) is 26.2 Å². The number of carbonyl (C=O) groups is 1. The van der Waals surface area contributed by atoms with Crippen molar-refractivity contribution in [2.24, 2.45) is 11.3 Å². The van der Waals surface area contributed by atoms with Crippen LogP contribution in [0.15, 0.2) is 24.8 Å². The molecule has 2 fully saturated rings. The number of aromatic nitrogens is 4. The average molecular weight is 352 g/mol. The Morgan fingerprint density at radius 3 is 2.50 bits per heavy atom. The minimum Gasteiger partial charge on any atom is -0.336 e. The SMILES string of the molecule is Cc1cnc(C(=O)N2C[C@@H]3CN(Cc4cnc(C)nc4)C[C@]3(C)C2)cn1. The molecule has 2 saturated heterocycles. The maximum atomic E-state index is 12.7. The highest BCUT2D eigenvalue weighted by molar-refractivity contribution is 5.92. The Bertz CT molecular complexity index is 806. The molecule has 1 amide bonds. The summed E-state index contributed by atoms with van der Waals surface area (Å²) in [5, 5.41) is 0. The summed E-state index contributed by atoms with van der Waals surface area (Å²) in [6.07, 6.45) is 7.05. The van der Waals surface area contributed by atoms with Crippen molar-refractivity contribution in [3.8, 4) is 0 Å².